The van der Waals surface area contributed by atoms with Crippen molar-refractivity contribution >= 4 is 5.91 Å². The Morgan fingerprint density at radius 1 is 1.19 bits per heavy atom. The zero-order chi connectivity index (χ0) is 18.5. The van der Waals surface area contributed by atoms with Crippen LogP contribution in [-0.4, -0.2) is 25.0 Å². The number of aryl methyl sites for hydroxylation is 2. The van der Waals surface area contributed by atoms with Gasteiger partial charge in [0, 0.05) is 24.9 Å². The molecule has 1 aliphatic heterocycles. The first-order valence-corrected chi connectivity index (χ1v) is 9.03. The number of hydrogen-bond acceptors (Lipinski definition) is 2. The molecule has 2 aromatic rings. The molecule has 0 aliphatic carbocycles. The SMILES string of the molecule is Cc1cccc(CCC(=O)NC2CNCCC2c2ccc(F)c(F)c2)c1. The molecule has 3 rings (SSSR count). The van der Waals surface area contributed by atoms with Crippen molar-refractivity contribution in [2.24, 2.45) is 0 Å². The second-order valence-electron chi connectivity index (χ2n) is 6.94. The van der Waals surface area contributed by atoms with Crippen LogP contribution >= 0.6 is 0 Å². The molecule has 0 bridgehead atoms. The molecule has 138 valence electrons. The predicted molar refractivity (Wildman–Crippen MR) is 98.0 cm³/mol. The van der Waals surface area contributed by atoms with Gasteiger partial charge >= 0.3 is 0 Å². The van der Waals surface area contributed by atoms with E-state index in [1.165, 1.54) is 11.6 Å². The summed E-state index contributed by atoms with van der Waals surface area (Å²) in [6.07, 6.45) is 1.86. The second-order valence-corrected chi connectivity index (χ2v) is 6.94. The first kappa shape index (κ1) is 18.5. The lowest BCUT2D eigenvalue weighted by molar-refractivity contribution is -0.122. The third-order valence-corrected chi connectivity index (χ3v) is 4.92. The number of nitrogens with one attached hydrogen (secondary N) is 2. The standard InChI is InChI=1S/C21H24F2N2O/c1-14-3-2-4-15(11-14)5-8-21(26)25-20-13-24-10-9-17(20)16-6-7-18(22)19(23)12-16/h2-4,6-7,11-12,17,20,24H,5,8-10,13H2,1H3,(H,25,26). The zero-order valence-electron chi connectivity index (χ0n) is 14.9. The highest BCUT2D eigenvalue weighted by Crippen LogP contribution is 2.27. The van der Waals surface area contributed by atoms with Crippen molar-refractivity contribution in [1.82, 2.24) is 10.6 Å². The van der Waals surface area contributed by atoms with Crippen LogP contribution in [0.15, 0.2) is 42.5 Å². The molecular formula is C21H24F2N2O. The molecule has 26 heavy (non-hydrogen) atoms. The summed E-state index contributed by atoms with van der Waals surface area (Å²) in [6.45, 7) is 3.45. The van der Waals surface area contributed by atoms with Crippen LogP contribution in [-0.2, 0) is 11.2 Å². The minimum atomic E-state index is -0.846. The molecule has 0 spiro atoms. The van der Waals surface area contributed by atoms with Crippen molar-refractivity contribution in [3.8, 4) is 0 Å². The van der Waals surface area contributed by atoms with Gasteiger partial charge in [0.2, 0.25) is 5.91 Å². The molecule has 1 fully saturated rings. The zero-order valence-corrected chi connectivity index (χ0v) is 14.9. The fraction of sp³-hybridized carbons (Fsp3) is 0.381. The second kappa shape index (κ2) is 8.41. The van der Waals surface area contributed by atoms with Crippen LogP contribution in [0.5, 0.6) is 0 Å². The Morgan fingerprint density at radius 3 is 2.81 bits per heavy atom. The van der Waals surface area contributed by atoms with E-state index in [9.17, 15) is 13.6 Å². The molecule has 2 N–H and O–H groups in total. The van der Waals surface area contributed by atoms with E-state index in [-0.39, 0.29) is 17.9 Å². The number of carbonyl (C=O) groups excluding carboxylic acids is 1. The quantitative estimate of drug-likeness (QED) is 0.859. The molecule has 3 nitrogen and oxygen atoms in total. The topological polar surface area (TPSA) is 41.1 Å². The third kappa shape index (κ3) is 4.67. The molecule has 0 aromatic heterocycles. The van der Waals surface area contributed by atoms with E-state index < -0.39 is 11.6 Å². The lowest BCUT2D eigenvalue weighted by atomic mass is 9.86. The van der Waals surface area contributed by atoms with Crippen LogP contribution in [0.2, 0.25) is 0 Å². The first-order valence-electron chi connectivity index (χ1n) is 9.03. The maximum Gasteiger partial charge on any atom is 0.220 e. The van der Waals surface area contributed by atoms with Gasteiger partial charge in [-0.25, -0.2) is 8.78 Å². The number of amides is 1. The van der Waals surface area contributed by atoms with E-state index in [2.05, 4.69) is 16.7 Å². The van der Waals surface area contributed by atoms with Crippen LogP contribution in [0.3, 0.4) is 0 Å². The first-order chi connectivity index (χ1) is 12.5. The van der Waals surface area contributed by atoms with Crippen molar-refractivity contribution in [2.75, 3.05) is 13.1 Å². The van der Waals surface area contributed by atoms with Gasteiger partial charge in [0.1, 0.15) is 0 Å². The summed E-state index contributed by atoms with van der Waals surface area (Å²) < 4.78 is 26.8. The molecule has 1 saturated heterocycles. The Morgan fingerprint density at radius 2 is 2.04 bits per heavy atom. The van der Waals surface area contributed by atoms with Crippen molar-refractivity contribution < 1.29 is 13.6 Å². The number of rotatable bonds is 5. The average molecular weight is 358 g/mol. The van der Waals surface area contributed by atoms with E-state index in [0.29, 0.717) is 19.4 Å². The van der Waals surface area contributed by atoms with Crippen LogP contribution < -0.4 is 10.6 Å². The average Bonchev–Trinajstić information content (AvgIpc) is 2.63. The molecule has 2 atom stereocenters. The molecule has 2 unspecified atom stereocenters. The fourth-order valence-corrected chi connectivity index (χ4v) is 3.56. The highest BCUT2D eigenvalue weighted by atomic mass is 19.2. The summed E-state index contributed by atoms with van der Waals surface area (Å²) in [5, 5.41) is 6.33. The van der Waals surface area contributed by atoms with E-state index in [4.69, 9.17) is 0 Å². The van der Waals surface area contributed by atoms with Gasteiger partial charge in [0.05, 0.1) is 0 Å². The summed E-state index contributed by atoms with van der Waals surface area (Å²) in [7, 11) is 0. The number of halogens is 2. The van der Waals surface area contributed by atoms with Gasteiger partial charge in [-0.15, -0.1) is 0 Å². The normalized spacial score (nSPS) is 20.0. The minimum Gasteiger partial charge on any atom is -0.351 e. The Bertz CT molecular complexity index is 778. The van der Waals surface area contributed by atoms with Crippen LogP contribution in [0.4, 0.5) is 8.78 Å². The largest absolute Gasteiger partial charge is 0.351 e. The van der Waals surface area contributed by atoms with Gasteiger partial charge < -0.3 is 10.6 Å². The fourth-order valence-electron chi connectivity index (χ4n) is 3.56. The number of piperidine rings is 1. The number of carbonyl (C=O) groups is 1. The van der Waals surface area contributed by atoms with Crippen LogP contribution in [0.1, 0.15) is 35.4 Å². The van der Waals surface area contributed by atoms with E-state index in [1.807, 2.05) is 25.1 Å². The summed E-state index contributed by atoms with van der Waals surface area (Å²) in [4.78, 5) is 12.4. The highest BCUT2D eigenvalue weighted by molar-refractivity contribution is 5.76. The Hall–Kier alpha value is -2.27. The molecule has 0 saturated carbocycles. The molecule has 5 heteroatoms. The van der Waals surface area contributed by atoms with Gasteiger partial charge in [0.25, 0.3) is 0 Å². The Balaban J connectivity index is 1.62. The van der Waals surface area contributed by atoms with E-state index in [1.54, 1.807) is 6.07 Å². The van der Waals surface area contributed by atoms with Gasteiger partial charge in [-0.1, -0.05) is 35.9 Å². The van der Waals surface area contributed by atoms with Crippen LogP contribution in [0.25, 0.3) is 0 Å². The number of benzene rings is 2. The molecule has 0 radical (unpaired) electrons. The molecule has 1 aliphatic rings. The molecule has 2 aromatic carbocycles. The van der Waals surface area contributed by atoms with Crippen molar-refractivity contribution in [1.29, 1.82) is 0 Å². The van der Waals surface area contributed by atoms with Crippen LogP contribution in [0, 0.1) is 18.6 Å². The molecule has 1 amide bonds. The highest BCUT2D eigenvalue weighted by Gasteiger charge is 2.28. The maximum absolute atomic E-state index is 13.6. The van der Waals surface area contributed by atoms with Gasteiger partial charge in [-0.2, -0.15) is 0 Å². The monoisotopic (exact) mass is 358 g/mol. The maximum atomic E-state index is 13.6. The molecule has 1 heterocycles. The minimum absolute atomic E-state index is 0.0192. The van der Waals surface area contributed by atoms with Crippen molar-refractivity contribution in [3.63, 3.8) is 0 Å². The number of hydrogen-bond donors (Lipinski definition) is 2. The summed E-state index contributed by atoms with van der Waals surface area (Å²) in [6, 6.07) is 12.0. The third-order valence-electron chi connectivity index (χ3n) is 4.92. The van der Waals surface area contributed by atoms with Gasteiger partial charge in [-0.05, 0) is 49.6 Å². The lowest BCUT2D eigenvalue weighted by Crippen LogP contribution is -2.50. The summed E-state index contributed by atoms with van der Waals surface area (Å²) in [5.74, 6) is -1.73. The van der Waals surface area contributed by atoms with Gasteiger partial charge in [0.15, 0.2) is 11.6 Å². The predicted octanol–water partition coefficient (Wildman–Crippen LogP) is 3.47. The van der Waals surface area contributed by atoms with E-state index >= 15 is 0 Å². The van der Waals surface area contributed by atoms with Crippen molar-refractivity contribution in [3.05, 3.63) is 70.8 Å². The smallest absolute Gasteiger partial charge is 0.220 e. The van der Waals surface area contributed by atoms with Crippen molar-refractivity contribution in [2.45, 2.75) is 38.1 Å². The van der Waals surface area contributed by atoms with E-state index in [0.717, 1.165) is 30.2 Å². The summed E-state index contributed by atoms with van der Waals surface area (Å²) >= 11 is 0. The lowest BCUT2D eigenvalue weighted by Gasteiger charge is -2.33. The molecular weight excluding hydrogens is 334 g/mol. The summed E-state index contributed by atoms with van der Waals surface area (Å²) in [5.41, 5.74) is 3.05. The Kier molecular flexibility index (Phi) is 5.99. The Labute approximate surface area is 152 Å². The van der Waals surface area contributed by atoms with Gasteiger partial charge in [-0.3, -0.25) is 4.79 Å².